The number of benzene rings is 2. The van der Waals surface area contributed by atoms with Gasteiger partial charge in [-0.05, 0) is 12.1 Å². The standard InChI is InChI=1S/C18H14N2O3/c1-22-11-8-14-16(15(9-11)23-2)17(21)12-7-10-5-3-4-6-13(10)19-18(12)20-14/h3-9H,1-2H3,(H,19,20,21). The zero-order valence-corrected chi connectivity index (χ0v) is 12.7. The molecule has 0 atom stereocenters. The molecule has 0 bridgehead atoms. The van der Waals surface area contributed by atoms with E-state index < -0.39 is 0 Å². The quantitative estimate of drug-likeness (QED) is 0.577. The Balaban J connectivity index is 2.21. The Bertz CT molecular complexity index is 1120. The average Bonchev–Trinajstić information content (AvgIpc) is 2.59. The Morgan fingerprint density at radius 3 is 2.65 bits per heavy atom. The van der Waals surface area contributed by atoms with Crippen molar-refractivity contribution < 1.29 is 9.47 Å². The van der Waals surface area contributed by atoms with Gasteiger partial charge in [-0.25, -0.2) is 4.98 Å². The number of methoxy groups -OCH3 is 2. The van der Waals surface area contributed by atoms with E-state index in [9.17, 15) is 4.79 Å². The number of aromatic nitrogens is 2. The van der Waals surface area contributed by atoms with Gasteiger partial charge in [-0.15, -0.1) is 0 Å². The van der Waals surface area contributed by atoms with Gasteiger partial charge < -0.3 is 14.5 Å². The number of pyridine rings is 2. The molecule has 1 N–H and O–H groups in total. The molecule has 0 aliphatic carbocycles. The van der Waals surface area contributed by atoms with Crippen molar-refractivity contribution in [2.24, 2.45) is 0 Å². The molecule has 0 unspecified atom stereocenters. The second kappa shape index (κ2) is 4.98. The van der Waals surface area contributed by atoms with E-state index in [0.29, 0.717) is 33.4 Å². The molecule has 0 saturated heterocycles. The first kappa shape index (κ1) is 13.6. The molecular formula is C18H14N2O3. The SMILES string of the molecule is COc1cc(OC)c2c(=O)c3cc4ccccc4nc3[nH]c2c1. The maximum atomic E-state index is 12.9. The minimum Gasteiger partial charge on any atom is -0.497 e. The average molecular weight is 306 g/mol. The van der Waals surface area contributed by atoms with Crippen LogP contribution in [0.3, 0.4) is 0 Å². The van der Waals surface area contributed by atoms with E-state index in [1.165, 1.54) is 7.11 Å². The smallest absolute Gasteiger partial charge is 0.202 e. The molecule has 0 saturated carbocycles. The van der Waals surface area contributed by atoms with Crippen LogP contribution in [0.4, 0.5) is 0 Å². The van der Waals surface area contributed by atoms with Gasteiger partial charge in [-0.3, -0.25) is 4.79 Å². The van der Waals surface area contributed by atoms with Crippen LogP contribution < -0.4 is 14.9 Å². The highest BCUT2D eigenvalue weighted by atomic mass is 16.5. The van der Waals surface area contributed by atoms with Crippen LogP contribution in [-0.4, -0.2) is 24.2 Å². The van der Waals surface area contributed by atoms with E-state index >= 15 is 0 Å². The Hall–Kier alpha value is -3.08. The number of aromatic amines is 1. The normalized spacial score (nSPS) is 11.2. The van der Waals surface area contributed by atoms with E-state index in [-0.39, 0.29) is 5.43 Å². The largest absolute Gasteiger partial charge is 0.497 e. The lowest BCUT2D eigenvalue weighted by atomic mass is 10.1. The maximum Gasteiger partial charge on any atom is 0.202 e. The molecule has 2 aromatic heterocycles. The first-order valence-corrected chi connectivity index (χ1v) is 7.19. The summed E-state index contributed by atoms with van der Waals surface area (Å²) in [5, 5.41) is 1.97. The van der Waals surface area contributed by atoms with Crippen LogP contribution >= 0.6 is 0 Å². The van der Waals surface area contributed by atoms with Gasteiger partial charge in [0.25, 0.3) is 0 Å². The predicted octanol–water partition coefficient (Wildman–Crippen LogP) is 3.25. The third-order valence-corrected chi connectivity index (χ3v) is 3.98. The summed E-state index contributed by atoms with van der Waals surface area (Å²) >= 11 is 0. The second-order valence-electron chi connectivity index (χ2n) is 5.28. The van der Waals surface area contributed by atoms with Gasteiger partial charge in [0.15, 0.2) is 0 Å². The fourth-order valence-electron chi connectivity index (χ4n) is 2.85. The number of nitrogens with zero attached hydrogens (tertiary/aromatic N) is 1. The summed E-state index contributed by atoms with van der Waals surface area (Å²) in [5.41, 5.74) is 1.93. The van der Waals surface area contributed by atoms with Gasteiger partial charge in [0.1, 0.15) is 17.1 Å². The third-order valence-electron chi connectivity index (χ3n) is 3.98. The molecule has 5 nitrogen and oxygen atoms in total. The number of fused-ring (bicyclic) bond motifs is 3. The molecule has 0 radical (unpaired) electrons. The van der Waals surface area contributed by atoms with Gasteiger partial charge in [-0.1, -0.05) is 18.2 Å². The van der Waals surface area contributed by atoms with Crippen molar-refractivity contribution in [2.45, 2.75) is 0 Å². The fourth-order valence-corrected chi connectivity index (χ4v) is 2.85. The molecule has 4 rings (SSSR count). The van der Waals surface area contributed by atoms with Crippen LogP contribution in [0.1, 0.15) is 0 Å². The van der Waals surface area contributed by atoms with Crippen molar-refractivity contribution in [2.75, 3.05) is 14.2 Å². The lowest BCUT2D eigenvalue weighted by molar-refractivity contribution is 0.397. The second-order valence-corrected chi connectivity index (χ2v) is 5.28. The van der Waals surface area contributed by atoms with Gasteiger partial charge >= 0.3 is 0 Å². The van der Waals surface area contributed by atoms with Gasteiger partial charge in [-0.2, -0.15) is 0 Å². The molecule has 5 heteroatoms. The highest BCUT2D eigenvalue weighted by Gasteiger charge is 2.13. The molecule has 0 fully saturated rings. The molecule has 2 aromatic carbocycles. The van der Waals surface area contributed by atoms with Crippen LogP contribution in [0, 0.1) is 0 Å². The first-order valence-electron chi connectivity index (χ1n) is 7.19. The minimum absolute atomic E-state index is 0.105. The molecule has 0 amide bonds. The molecule has 0 aliphatic rings. The molecule has 2 heterocycles. The van der Waals surface area contributed by atoms with E-state index in [0.717, 1.165) is 10.9 Å². The van der Waals surface area contributed by atoms with Gasteiger partial charge in [0, 0.05) is 17.5 Å². The van der Waals surface area contributed by atoms with Crippen molar-refractivity contribution >= 4 is 32.8 Å². The lowest BCUT2D eigenvalue weighted by Crippen LogP contribution is -2.07. The Morgan fingerprint density at radius 2 is 1.87 bits per heavy atom. The van der Waals surface area contributed by atoms with Crippen molar-refractivity contribution in [3.63, 3.8) is 0 Å². The predicted molar refractivity (Wildman–Crippen MR) is 90.5 cm³/mol. The summed E-state index contributed by atoms with van der Waals surface area (Å²) in [6, 6.07) is 13.1. The van der Waals surface area contributed by atoms with Crippen LogP contribution in [0.15, 0.2) is 47.3 Å². The summed E-state index contributed by atoms with van der Waals surface area (Å²) in [6.45, 7) is 0. The van der Waals surface area contributed by atoms with Crippen molar-refractivity contribution in [3.8, 4) is 11.5 Å². The van der Waals surface area contributed by atoms with Gasteiger partial charge in [0.05, 0.1) is 36.0 Å². The van der Waals surface area contributed by atoms with E-state index in [4.69, 9.17) is 9.47 Å². The fraction of sp³-hybridized carbons (Fsp3) is 0.111. The van der Waals surface area contributed by atoms with Crippen LogP contribution in [0.25, 0.3) is 32.8 Å². The maximum absolute atomic E-state index is 12.9. The summed E-state index contributed by atoms with van der Waals surface area (Å²) in [5.74, 6) is 1.10. The zero-order chi connectivity index (χ0) is 16.0. The summed E-state index contributed by atoms with van der Waals surface area (Å²) in [7, 11) is 3.11. The summed E-state index contributed by atoms with van der Waals surface area (Å²) in [6.07, 6.45) is 0. The van der Waals surface area contributed by atoms with E-state index in [1.807, 2.05) is 30.3 Å². The molecular weight excluding hydrogens is 292 g/mol. The highest BCUT2D eigenvalue weighted by Crippen LogP contribution is 2.29. The number of rotatable bonds is 2. The molecule has 4 aromatic rings. The van der Waals surface area contributed by atoms with Crippen LogP contribution in [0.5, 0.6) is 11.5 Å². The van der Waals surface area contributed by atoms with Gasteiger partial charge in [0.2, 0.25) is 5.43 Å². The number of H-pyrrole nitrogens is 1. The number of ether oxygens (including phenoxy) is 2. The molecule has 0 aliphatic heterocycles. The lowest BCUT2D eigenvalue weighted by Gasteiger charge is -2.10. The number of hydrogen-bond acceptors (Lipinski definition) is 4. The van der Waals surface area contributed by atoms with Crippen molar-refractivity contribution in [3.05, 3.63) is 52.7 Å². The summed E-state index contributed by atoms with van der Waals surface area (Å²) < 4.78 is 10.6. The highest BCUT2D eigenvalue weighted by molar-refractivity contribution is 5.99. The molecule has 114 valence electrons. The first-order chi connectivity index (χ1) is 11.2. The Labute approximate surface area is 131 Å². The number of nitrogens with one attached hydrogen (secondary N) is 1. The minimum atomic E-state index is -0.105. The van der Waals surface area contributed by atoms with Crippen molar-refractivity contribution in [1.29, 1.82) is 0 Å². The zero-order valence-electron chi connectivity index (χ0n) is 12.7. The summed E-state index contributed by atoms with van der Waals surface area (Å²) in [4.78, 5) is 20.7. The van der Waals surface area contributed by atoms with Crippen LogP contribution in [-0.2, 0) is 0 Å². The molecule has 0 spiro atoms. The Kier molecular flexibility index (Phi) is 2.94. The number of hydrogen-bond donors (Lipinski definition) is 1. The monoisotopic (exact) mass is 306 g/mol. The topological polar surface area (TPSA) is 64.2 Å². The third kappa shape index (κ3) is 2.01. The van der Waals surface area contributed by atoms with E-state index in [2.05, 4.69) is 9.97 Å². The Morgan fingerprint density at radius 1 is 1.04 bits per heavy atom. The van der Waals surface area contributed by atoms with E-state index in [1.54, 1.807) is 19.2 Å². The molecule has 23 heavy (non-hydrogen) atoms. The van der Waals surface area contributed by atoms with Crippen molar-refractivity contribution in [1.82, 2.24) is 9.97 Å². The van der Waals surface area contributed by atoms with Crippen LogP contribution in [0.2, 0.25) is 0 Å². The number of para-hydroxylation sites is 1.